The Morgan fingerprint density at radius 2 is 2.12 bits per heavy atom. The highest BCUT2D eigenvalue weighted by molar-refractivity contribution is 4.89. The molecule has 0 unspecified atom stereocenters. The number of methoxy groups -OCH3 is 1. The zero-order chi connectivity index (χ0) is 12.3. The van der Waals surface area contributed by atoms with Crippen molar-refractivity contribution in [3.8, 4) is 0 Å². The number of hydrogen-bond acceptors (Lipinski definition) is 3. The molecule has 1 aliphatic rings. The van der Waals surface area contributed by atoms with Crippen LogP contribution in [0.5, 0.6) is 0 Å². The number of alkyl halides is 2. The molecular weight excluding hydrogens is 216 g/mol. The average molecular weight is 237 g/mol. The lowest BCUT2D eigenvalue weighted by Crippen LogP contribution is -2.38. The summed E-state index contributed by atoms with van der Waals surface area (Å²) in [6.45, 7) is 6.14. The van der Waals surface area contributed by atoms with E-state index in [-0.39, 0.29) is 12.1 Å². The van der Waals surface area contributed by atoms with Gasteiger partial charge in [0.05, 0.1) is 12.2 Å². The zero-order valence-corrected chi connectivity index (χ0v) is 10.4. The fraction of sp³-hybridized carbons (Fsp3) is 1.00. The van der Waals surface area contributed by atoms with E-state index in [1.807, 2.05) is 13.8 Å². The van der Waals surface area contributed by atoms with E-state index in [1.165, 1.54) is 0 Å². The van der Waals surface area contributed by atoms with Crippen LogP contribution in [-0.2, 0) is 9.47 Å². The molecule has 0 radical (unpaired) electrons. The van der Waals surface area contributed by atoms with Gasteiger partial charge in [-0.15, -0.1) is 0 Å². The summed E-state index contributed by atoms with van der Waals surface area (Å²) >= 11 is 0. The predicted molar refractivity (Wildman–Crippen MR) is 57.6 cm³/mol. The molecule has 0 spiro atoms. The van der Waals surface area contributed by atoms with Crippen LogP contribution in [0, 0.1) is 0 Å². The van der Waals surface area contributed by atoms with Gasteiger partial charge in [-0.2, -0.15) is 8.78 Å². The van der Waals surface area contributed by atoms with Gasteiger partial charge < -0.3 is 9.47 Å². The second-order valence-electron chi connectivity index (χ2n) is 4.38. The second-order valence-corrected chi connectivity index (χ2v) is 4.38. The van der Waals surface area contributed by atoms with Crippen LogP contribution in [0.15, 0.2) is 0 Å². The van der Waals surface area contributed by atoms with Crippen molar-refractivity contribution in [2.45, 2.75) is 51.6 Å². The maximum absolute atomic E-state index is 12.7. The van der Waals surface area contributed by atoms with Crippen molar-refractivity contribution in [3.05, 3.63) is 0 Å². The van der Waals surface area contributed by atoms with Crippen molar-refractivity contribution in [2.75, 3.05) is 20.2 Å². The molecule has 16 heavy (non-hydrogen) atoms. The first-order valence-electron chi connectivity index (χ1n) is 5.69. The van der Waals surface area contributed by atoms with Crippen molar-refractivity contribution in [2.24, 2.45) is 0 Å². The van der Waals surface area contributed by atoms with E-state index in [4.69, 9.17) is 9.47 Å². The Kier molecular flexibility index (Phi) is 4.64. The molecule has 1 aliphatic heterocycles. The summed E-state index contributed by atoms with van der Waals surface area (Å²) in [5, 5.41) is 0. The molecule has 1 fully saturated rings. The molecule has 0 saturated carbocycles. The van der Waals surface area contributed by atoms with Crippen molar-refractivity contribution in [1.29, 1.82) is 0 Å². The molecular formula is C11H21F2NO2. The van der Waals surface area contributed by atoms with Crippen LogP contribution in [-0.4, -0.2) is 49.5 Å². The molecule has 1 heterocycles. The van der Waals surface area contributed by atoms with Crippen LogP contribution in [0.4, 0.5) is 8.78 Å². The number of rotatable bonds is 5. The predicted octanol–water partition coefficient (Wildman–Crippen LogP) is 2.11. The third kappa shape index (κ3) is 3.64. The lowest BCUT2D eigenvalue weighted by molar-refractivity contribution is -0.246. The van der Waals surface area contributed by atoms with Gasteiger partial charge in [0.15, 0.2) is 0 Å². The van der Waals surface area contributed by atoms with E-state index in [0.29, 0.717) is 13.0 Å². The highest BCUT2D eigenvalue weighted by Crippen LogP contribution is 2.28. The first kappa shape index (κ1) is 13.8. The Hall–Kier alpha value is -0.260. The van der Waals surface area contributed by atoms with E-state index < -0.39 is 12.2 Å². The van der Waals surface area contributed by atoms with Gasteiger partial charge >= 0.3 is 6.11 Å². The van der Waals surface area contributed by atoms with Crippen LogP contribution in [0.1, 0.15) is 27.2 Å². The maximum atomic E-state index is 12.7. The molecule has 0 N–H and O–H groups in total. The summed E-state index contributed by atoms with van der Waals surface area (Å²) in [5.74, 6) is 0. The van der Waals surface area contributed by atoms with Gasteiger partial charge in [0.25, 0.3) is 0 Å². The minimum atomic E-state index is -3.05. The number of halogens is 2. The Balaban J connectivity index is 2.56. The summed E-state index contributed by atoms with van der Waals surface area (Å²) in [7, 11) is 1.64. The van der Waals surface area contributed by atoms with Crippen molar-refractivity contribution < 1.29 is 18.3 Å². The lowest BCUT2D eigenvalue weighted by atomic mass is 10.1. The molecule has 0 amide bonds. The van der Waals surface area contributed by atoms with Gasteiger partial charge in [0, 0.05) is 26.6 Å². The molecule has 3 nitrogen and oxygen atoms in total. The normalized spacial score (nSPS) is 29.6. The van der Waals surface area contributed by atoms with E-state index in [0.717, 1.165) is 13.5 Å². The minimum absolute atomic E-state index is 0.0408. The van der Waals surface area contributed by atoms with Crippen LogP contribution < -0.4 is 0 Å². The number of hydrogen-bond donors (Lipinski definition) is 0. The Labute approximate surface area is 95.7 Å². The Morgan fingerprint density at radius 1 is 1.50 bits per heavy atom. The van der Waals surface area contributed by atoms with E-state index in [9.17, 15) is 8.78 Å². The fourth-order valence-corrected chi connectivity index (χ4v) is 2.28. The Bertz CT molecular complexity index is 221. The summed E-state index contributed by atoms with van der Waals surface area (Å²) in [5.41, 5.74) is 0. The molecule has 1 saturated heterocycles. The average Bonchev–Trinajstić information content (AvgIpc) is 2.57. The highest BCUT2D eigenvalue weighted by atomic mass is 19.3. The molecule has 96 valence electrons. The van der Waals surface area contributed by atoms with Crippen molar-refractivity contribution in [3.63, 3.8) is 0 Å². The van der Waals surface area contributed by atoms with Crippen molar-refractivity contribution in [1.82, 2.24) is 4.90 Å². The van der Waals surface area contributed by atoms with E-state index in [1.54, 1.807) is 7.11 Å². The van der Waals surface area contributed by atoms with Crippen LogP contribution in [0.2, 0.25) is 0 Å². The topological polar surface area (TPSA) is 21.7 Å². The highest BCUT2D eigenvalue weighted by Gasteiger charge is 2.39. The Morgan fingerprint density at radius 3 is 2.56 bits per heavy atom. The third-order valence-corrected chi connectivity index (χ3v) is 3.10. The minimum Gasteiger partial charge on any atom is -0.380 e. The standard InChI is InChI=1S/C11H21F2NO2/c1-5-14-7-9(16-11(3,12)13)6-10(14)8(2)15-4/h8-10H,5-7H2,1-4H3/t8-,9+,10-/m0/s1. The first-order valence-corrected chi connectivity index (χ1v) is 5.69. The molecule has 0 bridgehead atoms. The van der Waals surface area contributed by atoms with Gasteiger partial charge in [-0.05, 0) is 19.9 Å². The van der Waals surface area contributed by atoms with Gasteiger partial charge in [-0.3, -0.25) is 4.90 Å². The SMILES string of the molecule is CCN1C[C@H](OC(C)(F)F)C[C@H]1[C@H](C)OC. The first-order chi connectivity index (χ1) is 7.37. The smallest absolute Gasteiger partial charge is 0.353 e. The summed E-state index contributed by atoms with van der Waals surface area (Å²) < 4.78 is 35.5. The maximum Gasteiger partial charge on any atom is 0.353 e. The molecule has 3 atom stereocenters. The lowest BCUT2D eigenvalue weighted by Gasteiger charge is -2.26. The molecule has 1 rings (SSSR count). The quantitative estimate of drug-likeness (QED) is 0.731. The summed E-state index contributed by atoms with van der Waals surface area (Å²) in [6, 6.07) is 0.169. The molecule has 0 aromatic heterocycles. The third-order valence-electron chi connectivity index (χ3n) is 3.10. The van der Waals surface area contributed by atoms with E-state index in [2.05, 4.69) is 4.90 Å². The molecule has 0 aromatic carbocycles. The van der Waals surface area contributed by atoms with Gasteiger partial charge in [0.1, 0.15) is 0 Å². The number of likely N-dealkylation sites (N-methyl/N-ethyl adjacent to an activating group) is 1. The van der Waals surface area contributed by atoms with Gasteiger partial charge in [-0.25, -0.2) is 0 Å². The fourth-order valence-electron chi connectivity index (χ4n) is 2.28. The molecule has 0 aliphatic carbocycles. The molecule has 0 aromatic rings. The van der Waals surface area contributed by atoms with Crippen LogP contribution in [0.25, 0.3) is 0 Å². The monoisotopic (exact) mass is 237 g/mol. The number of nitrogens with zero attached hydrogens (tertiary/aromatic N) is 1. The van der Waals surface area contributed by atoms with E-state index >= 15 is 0 Å². The largest absolute Gasteiger partial charge is 0.380 e. The summed E-state index contributed by atoms with van der Waals surface area (Å²) in [4.78, 5) is 2.13. The number of ether oxygens (including phenoxy) is 2. The van der Waals surface area contributed by atoms with Crippen LogP contribution >= 0.6 is 0 Å². The molecule has 5 heteroatoms. The van der Waals surface area contributed by atoms with Crippen molar-refractivity contribution >= 4 is 0 Å². The zero-order valence-electron chi connectivity index (χ0n) is 10.4. The van der Waals surface area contributed by atoms with Crippen LogP contribution in [0.3, 0.4) is 0 Å². The van der Waals surface area contributed by atoms with Gasteiger partial charge in [-0.1, -0.05) is 6.92 Å². The number of likely N-dealkylation sites (tertiary alicyclic amines) is 1. The van der Waals surface area contributed by atoms with Gasteiger partial charge in [0.2, 0.25) is 0 Å². The second kappa shape index (κ2) is 5.38. The summed E-state index contributed by atoms with van der Waals surface area (Å²) in [6.07, 6.45) is -2.80.